The van der Waals surface area contributed by atoms with Crippen molar-refractivity contribution in [2.75, 3.05) is 55.1 Å². The van der Waals surface area contributed by atoms with E-state index in [1.807, 2.05) is 12.1 Å². The van der Waals surface area contributed by atoms with Crippen LogP contribution in [0.2, 0.25) is 0 Å². The molecule has 1 amide bonds. The van der Waals surface area contributed by atoms with E-state index in [9.17, 15) is 4.79 Å². The molecule has 8 nitrogen and oxygen atoms in total. The van der Waals surface area contributed by atoms with Crippen LogP contribution in [-0.4, -0.2) is 71.8 Å². The molecule has 1 aliphatic rings. The van der Waals surface area contributed by atoms with Crippen LogP contribution in [0, 0.1) is 5.92 Å². The minimum atomic E-state index is 0.120. The monoisotopic (exact) mass is 406 g/mol. The van der Waals surface area contributed by atoms with E-state index in [0.29, 0.717) is 29.6 Å². The van der Waals surface area contributed by atoms with E-state index in [0.717, 1.165) is 50.4 Å². The van der Waals surface area contributed by atoms with Crippen LogP contribution in [0.1, 0.15) is 24.8 Å². The Morgan fingerprint density at radius 3 is 2.38 bits per heavy atom. The van der Waals surface area contributed by atoms with E-state index in [-0.39, 0.29) is 5.91 Å². The lowest BCUT2D eigenvalue weighted by Gasteiger charge is -2.34. The molecule has 0 aromatic heterocycles. The maximum Gasteiger partial charge on any atom is 0.220 e. The van der Waals surface area contributed by atoms with Gasteiger partial charge in [0.2, 0.25) is 11.7 Å². The molecule has 0 unspecified atom stereocenters. The first-order valence-corrected chi connectivity index (χ1v) is 10.0. The van der Waals surface area contributed by atoms with Gasteiger partial charge in [0.05, 0.1) is 21.3 Å². The van der Waals surface area contributed by atoms with Crippen LogP contribution in [0.5, 0.6) is 17.2 Å². The van der Waals surface area contributed by atoms with Gasteiger partial charge < -0.3 is 29.7 Å². The fourth-order valence-corrected chi connectivity index (χ4v) is 3.71. The van der Waals surface area contributed by atoms with Gasteiger partial charge in [-0.15, -0.1) is 0 Å². The zero-order valence-corrected chi connectivity index (χ0v) is 18.2. The van der Waals surface area contributed by atoms with Gasteiger partial charge in [-0.25, -0.2) is 0 Å². The number of guanidine groups is 1. The predicted molar refractivity (Wildman–Crippen MR) is 114 cm³/mol. The minimum absolute atomic E-state index is 0.120. The highest BCUT2D eigenvalue weighted by molar-refractivity contribution is 5.80. The highest BCUT2D eigenvalue weighted by Crippen LogP contribution is 2.39. The van der Waals surface area contributed by atoms with Gasteiger partial charge in [-0.3, -0.25) is 9.79 Å². The van der Waals surface area contributed by atoms with Gasteiger partial charge in [-0.2, -0.15) is 0 Å². The number of amides is 1. The van der Waals surface area contributed by atoms with Crippen LogP contribution in [-0.2, 0) is 11.2 Å². The summed E-state index contributed by atoms with van der Waals surface area (Å²) in [6, 6.07) is 3.89. The molecule has 0 radical (unpaired) electrons. The van der Waals surface area contributed by atoms with Gasteiger partial charge >= 0.3 is 0 Å². The maximum absolute atomic E-state index is 11.6. The molecule has 0 aliphatic carbocycles. The normalized spacial score (nSPS) is 15.1. The zero-order chi connectivity index (χ0) is 21.2. The molecule has 2 rings (SSSR count). The molecule has 1 aromatic carbocycles. The second-order valence-electron chi connectivity index (χ2n) is 7.03. The number of carbonyl (C=O) groups is 1. The van der Waals surface area contributed by atoms with Crippen molar-refractivity contribution in [2.45, 2.75) is 25.7 Å². The van der Waals surface area contributed by atoms with Crippen molar-refractivity contribution in [3.05, 3.63) is 17.7 Å². The lowest BCUT2D eigenvalue weighted by atomic mass is 9.93. The molecule has 162 valence electrons. The quantitative estimate of drug-likeness (QED) is 0.505. The number of aliphatic imine (C=N–C) groups is 1. The molecular formula is C21H34N4O4. The molecule has 0 bridgehead atoms. The van der Waals surface area contributed by atoms with Crippen molar-refractivity contribution in [1.29, 1.82) is 0 Å². The van der Waals surface area contributed by atoms with E-state index >= 15 is 0 Å². The number of rotatable bonds is 8. The Kier molecular flexibility index (Phi) is 8.89. The third kappa shape index (κ3) is 5.92. The lowest BCUT2D eigenvalue weighted by Crippen LogP contribution is -2.46. The molecular weight excluding hydrogens is 372 g/mol. The van der Waals surface area contributed by atoms with Crippen LogP contribution >= 0.6 is 0 Å². The third-order valence-electron chi connectivity index (χ3n) is 5.34. The average molecular weight is 407 g/mol. The average Bonchev–Trinajstić information content (AvgIpc) is 2.76. The van der Waals surface area contributed by atoms with Crippen molar-refractivity contribution < 1.29 is 19.0 Å². The van der Waals surface area contributed by atoms with E-state index in [4.69, 9.17) is 14.2 Å². The first kappa shape index (κ1) is 22.6. The summed E-state index contributed by atoms with van der Waals surface area (Å²) in [7, 11) is 8.35. The minimum Gasteiger partial charge on any atom is -0.493 e. The van der Waals surface area contributed by atoms with Crippen LogP contribution < -0.4 is 24.8 Å². The molecule has 0 saturated carbocycles. The molecule has 2 N–H and O–H groups in total. The van der Waals surface area contributed by atoms with Crippen molar-refractivity contribution in [3.63, 3.8) is 0 Å². The number of ether oxygens (including phenoxy) is 3. The number of methoxy groups -OCH3 is 3. The summed E-state index contributed by atoms with van der Waals surface area (Å²) in [6.45, 7) is 2.53. The van der Waals surface area contributed by atoms with Crippen LogP contribution in [0.15, 0.2) is 17.1 Å². The summed E-state index contributed by atoms with van der Waals surface area (Å²) in [5, 5.41) is 6.15. The molecule has 0 atom stereocenters. The van der Waals surface area contributed by atoms with Gasteiger partial charge in [-0.05, 0) is 31.2 Å². The number of piperidine rings is 1. The largest absolute Gasteiger partial charge is 0.493 e. The Hall–Kier alpha value is -2.64. The highest BCUT2D eigenvalue weighted by atomic mass is 16.5. The number of likely N-dealkylation sites (tertiary alicyclic amines) is 1. The number of hydrogen-bond donors (Lipinski definition) is 2. The SMILES string of the molecule is CN=C(NCCc1ccc(OC)c(OC)c1OC)N1CCC(CC(=O)NC)CC1. The number of benzene rings is 1. The summed E-state index contributed by atoms with van der Waals surface area (Å²) in [5.41, 5.74) is 1.04. The summed E-state index contributed by atoms with van der Waals surface area (Å²) >= 11 is 0. The lowest BCUT2D eigenvalue weighted by molar-refractivity contribution is -0.121. The van der Waals surface area contributed by atoms with Gasteiger partial charge in [0.15, 0.2) is 17.5 Å². The highest BCUT2D eigenvalue weighted by Gasteiger charge is 2.23. The third-order valence-corrected chi connectivity index (χ3v) is 5.34. The summed E-state index contributed by atoms with van der Waals surface area (Å²) in [6.07, 6.45) is 3.36. The maximum atomic E-state index is 11.6. The van der Waals surface area contributed by atoms with Crippen molar-refractivity contribution in [2.24, 2.45) is 10.9 Å². The van der Waals surface area contributed by atoms with E-state index < -0.39 is 0 Å². The second kappa shape index (κ2) is 11.4. The fourth-order valence-electron chi connectivity index (χ4n) is 3.71. The number of carbonyl (C=O) groups excluding carboxylic acids is 1. The molecule has 29 heavy (non-hydrogen) atoms. The summed E-state index contributed by atoms with van der Waals surface area (Å²) < 4.78 is 16.4. The molecule has 1 fully saturated rings. The number of hydrogen-bond acceptors (Lipinski definition) is 5. The van der Waals surface area contributed by atoms with Gasteiger partial charge in [0.1, 0.15) is 0 Å². The standard InChI is InChI=1S/C21H34N4O4/c1-22-18(26)14-15-9-12-25(13-10-15)21(23-2)24-11-8-16-6-7-17(27-3)20(29-5)19(16)28-4/h6-7,15H,8-14H2,1-5H3,(H,22,26)(H,23,24). The van der Waals surface area contributed by atoms with Crippen molar-refractivity contribution in [1.82, 2.24) is 15.5 Å². The molecule has 0 spiro atoms. The van der Waals surface area contributed by atoms with E-state index in [1.54, 1.807) is 35.4 Å². The first-order valence-electron chi connectivity index (χ1n) is 10.0. The smallest absolute Gasteiger partial charge is 0.220 e. The van der Waals surface area contributed by atoms with E-state index in [2.05, 4.69) is 20.5 Å². The fraction of sp³-hybridized carbons (Fsp3) is 0.619. The van der Waals surface area contributed by atoms with Gasteiger partial charge in [-0.1, -0.05) is 6.07 Å². The molecule has 1 saturated heterocycles. The van der Waals surface area contributed by atoms with E-state index in [1.165, 1.54) is 0 Å². The number of nitrogens with zero attached hydrogens (tertiary/aromatic N) is 2. The van der Waals surface area contributed by atoms with Crippen molar-refractivity contribution in [3.8, 4) is 17.2 Å². The Bertz CT molecular complexity index is 700. The molecule has 8 heteroatoms. The van der Waals surface area contributed by atoms with Crippen LogP contribution in [0.3, 0.4) is 0 Å². The summed E-state index contributed by atoms with van der Waals surface area (Å²) in [5.74, 6) is 3.41. The zero-order valence-electron chi connectivity index (χ0n) is 18.2. The second-order valence-corrected chi connectivity index (χ2v) is 7.03. The first-order chi connectivity index (χ1) is 14.1. The summed E-state index contributed by atoms with van der Waals surface area (Å²) in [4.78, 5) is 18.3. The Balaban J connectivity index is 1.90. The Labute approximate surface area is 173 Å². The topological polar surface area (TPSA) is 84.4 Å². The van der Waals surface area contributed by atoms with Crippen LogP contribution in [0.4, 0.5) is 0 Å². The number of nitrogens with one attached hydrogen (secondary N) is 2. The molecule has 1 aliphatic heterocycles. The Morgan fingerprint density at radius 1 is 1.14 bits per heavy atom. The van der Waals surface area contributed by atoms with Gasteiger partial charge in [0, 0.05) is 45.7 Å². The molecule has 1 heterocycles. The van der Waals surface area contributed by atoms with Crippen LogP contribution in [0.25, 0.3) is 0 Å². The Morgan fingerprint density at radius 2 is 1.83 bits per heavy atom. The van der Waals surface area contributed by atoms with Gasteiger partial charge in [0.25, 0.3) is 0 Å². The predicted octanol–water partition coefficient (Wildman–Crippen LogP) is 1.68. The molecule has 1 aromatic rings. The van der Waals surface area contributed by atoms with Crippen molar-refractivity contribution >= 4 is 11.9 Å².